The van der Waals surface area contributed by atoms with Gasteiger partial charge in [0.25, 0.3) is 0 Å². The van der Waals surface area contributed by atoms with Gasteiger partial charge < -0.3 is 9.47 Å². The van der Waals surface area contributed by atoms with Crippen molar-refractivity contribution in [1.82, 2.24) is 4.90 Å². The quantitative estimate of drug-likeness (QED) is 0.816. The minimum Gasteiger partial charge on any atom is -0.355 e. The number of ether oxygens (including phenoxy) is 2. The summed E-state index contributed by atoms with van der Waals surface area (Å²) in [6.45, 7) is 4.91. The van der Waals surface area contributed by atoms with E-state index in [0.717, 1.165) is 32.8 Å². The molecule has 3 nitrogen and oxygen atoms in total. The standard InChI is InChI=1S/C19H23NO2/c1-3-7-17(8-4-1)11-20(12-18-9-5-2-6-10-18)13-19-14-21-16-22-15-19/h1-10,19H,11-16H2. The van der Waals surface area contributed by atoms with Gasteiger partial charge in [0.15, 0.2) is 0 Å². The highest BCUT2D eigenvalue weighted by Gasteiger charge is 2.18. The van der Waals surface area contributed by atoms with Crippen molar-refractivity contribution in [1.29, 1.82) is 0 Å². The predicted molar refractivity (Wildman–Crippen MR) is 87.3 cm³/mol. The van der Waals surface area contributed by atoms with Gasteiger partial charge in [-0.15, -0.1) is 0 Å². The molecule has 0 unspecified atom stereocenters. The fourth-order valence-corrected chi connectivity index (χ4v) is 2.88. The lowest BCUT2D eigenvalue weighted by atomic mass is 10.1. The van der Waals surface area contributed by atoms with Crippen LogP contribution in [0.2, 0.25) is 0 Å². The van der Waals surface area contributed by atoms with Crippen LogP contribution >= 0.6 is 0 Å². The molecule has 0 radical (unpaired) electrons. The Morgan fingerprint density at radius 3 is 1.77 bits per heavy atom. The molecule has 22 heavy (non-hydrogen) atoms. The first kappa shape index (κ1) is 15.2. The van der Waals surface area contributed by atoms with E-state index in [-0.39, 0.29) is 0 Å². The molecule has 0 bridgehead atoms. The van der Waals surface area contributed by atoms with Gasteiger partial charge in [-0.25, -0.2) is 0 Å². The summed E-state index contributed by atoms with van der Waals surface area (Å²) in [5.41, 5.74) is 2.69. The van der Waals surface area contributed by atoms with E-state index >= 15 is 0 Å². The Balaban J connectivity index is 1.66. The average molecular weight is 297 g/mol. The van der Waals surface area contributed by atoms with Crippen LogP contribution in [0.25, 0.3) is 0 Å². The van der Waals surface area contributed by atoms with E-state index in [1.165, 1.54) is 11.1 Å². The molecule has 3 heteroatoms. The molecule has 0 aromatic heterocycles. The van der Waals surface area contributed by atoms with E-state index in [4.69, 9.17) is 9.47 Å². The van der Waals surface area contributed by atoms with Crippen molar-refractivity contribution in [3.05, 3.63) is 71.8 Å². The number of hydrogen-bond donors (Lipinski definition) is 0. The molecule has 3 rings (SSSR count). The molecule has 1 fully saturated rings. The maximum Gasteiger partial charge on any atom is 0.146 e. The third kappa shape index (κ3) is 4.67. The lowest BCUT2D eigenvalue weighted by molar-refractivity contribution is -0.130. The van der Waals surface area contributed by atoms with E-state index in [1.54, 1.807) is 0 Å². The zero-order chi connectivity index (χ0) is 15.0. The average Bonchev–Trinajstić information content (AvgIpc) is 2.57. The molecule has 1 aliphatic rings. The highest BCUT2D eigenvalue weighted by atomic mass is 16.7. The number of hydrogen-bond acceptors (Lipinski definition) is 3. The summed E-state index contributed by atoms with van der Waals surface area (Å²) in [4.78, 5) is 2.48. The van der Waals surface area contributed by atoms with Crippen LogP contribution in [0.3, 0.4) is 0 Å². The Morgan fingerprint density at radius 1 is 0.773 bits per heavy atom. The van der Waals surface area contributed by atoms with Gasteiger partial charge in [-0.3, -0.25) is 4.90 Å². The minimum atomic E-state index is 0.438. The Bertz CT molecular complexity index is 496. The minimum absolute atomic E-state index is 0.438. The Hall–Kier alpha value is -1.68. The van der Waals surface area contributed by atoms with Gasteiger partial charge in [0.2, 0.25) is 0 Å². The third-order valence-corrected chi connectivity index (χ3v) is 3.89. The fourth-order valence-electron chi connectivity index (χ4n) is 2.88. The van der Waals surface area contributed by atoms with Crippen LogP contribution < -0.4 is 0 Å². The molecule has 1 aliphatic heterocycles. The van der Waals surface area contributed by atoms with E-state index in [2.05, 4.69) is 65.6 Å². The molecule has 2 aromatic rings. The van der Waals surface area contributed by atoms with Gasteiger partial charge in [-0.1, -0.05) is 60.7 Å². The van der Waals surface area contributed by atoms with Crippen LogP contribution in [0.1, 0.15) is 11.1 Å². The molecule has 2 aromatic carbocycles. The molecular formula is C19H23NO2. The zero-order valence-corrected chi connectivity index (χ0v) is 12.9. The predicted octanol–water partition coefficient (Wildman–Crippen LogP) is 3.31. The van der Waals surface area contributed by atoms with Crippen molar-refractivity contribution >= 4 is 0 Å². The van der Waals surface area contributed by atoms with Crippen molar-refractivity contribution in [2.45, 2.75) is 13.1 Å². The highest BCUT2D eigenvalue weighted by molar-refractivity contribution is 5.17. The van der Waals surface area contributed by atoms with Crippen molar-refractivity contribution in [2.24, 2.45) is 5.92 Å². The number of nitrogens with zero attached hydrogens (tertiary/aromatic N) is 1. The topological polar surface area (TPSA) is 21.7 Å². The van der Waals surface area contributed by atoms with E-state index in [1.807, 2.05) is 0 Å². The highest BCUT2D eigenvalue weighted by Crippen LogP contribution is 2.14. The summed E-state index contributed by atoms with van der Waals surface area (Å²) in [5.74, 6) is 0.446. The molecule has 0 atom stereocenters. The number of rotatable bonds is 6. The van der Waals surface area contributed by atoms with E-state index in [0.29, 0.717) is 12.7 Å². The van der Waals surface area contributed by atoms with Crippen molar-refractivity contribution in [2.75, 3.05) is 26.6 Å². The van der Waals surface area contributed by atoms with Crippen LogP contribution in [0.5, 0.6) is 0 Å². The molecule has 1 heterocycles. The maximum atomic E-state index is 5.43. The molecular weight excluding hydrogens is 274 g/mol. The van der Waals surface area contributed by atoms with E-state index < -0.39 is 0 Å². The summed E-state index contributed by atoms with van der Waals surface area (Å²) in [5, 5.41) is 0. The maximum absolute atomic E-state index is 5.43. The first-order chi connectivity index (χ1) is 10.9. The molecule has 1 saturated heterocycles. The third-order valence-electron chi connectivity index (χ3n) is 3.89. The van der Waals surface area contributed by atoms with Gasteiger partial charge in [-0.05, 0) is 11.1 Å². The lowest BCUT2D eigenvalue weighted by Gasteiger charge is -2.29. The largest absolute Gasteiger partial charge is 0.355 e. The molecule has 0 amide bonds. The second-order valence-corrected chi connectivity index (χ2v) is 5.87. The first-order valence-electron chi connectivity index (χ1n) is 7.86. The lowest BCUT2D eigenvalue weighted by Crippen LogP contribution is -2.36. The monoisotopic (exact) mass is 297 g/mol. The Kier molecular flexibility index (Phi) is 5.59. The van der Waals surface area contributed by atoms with Crippen molar-refractivity contribution in [3.63, 3.8) is 0 Å². The van der Waals surface area contributed by atoms with Gasteiger partial charge in [-0.2, -0.15) is 0 Å². The SMILES string of the molecule is c1ccc(CN(Cc2ccccc2)CC2COCOC2)cc1. The van der Waals surface area contributed by atoms with Gasteiger partial charge in [0, 0.05) is 25.6 Å². The normalized spacial score (nSPS) is 16.0. The molecule has 0 aliphatic carbocycles. The van der Waals surface area contributed by atoms with E-state index in [9.17, 15) is 0 Å². The fraction of sp³-hybridized carbons (Fsp3) is 0.368. The van der Waals surface area contributed by atoms with Crippen LogP contribution in [0.15, 0.2) is 60.7 Å². The molecule has 0 spiro atoms. The van der Waals surface area contributed by atoms with Crippen LogP contribution in [-0.2, 0) is 22.6 Å². The van der Waals surface area contributed by atoms with Crippen molar-refractivity contribution < 1.29 is 9.47 Å². The summed E-state index contributed by atoms with van der Waals surface area (Å²) >= 11 is 0. The Morgan fingerprint density at radius 2 is 1.27 bits per heavy atom. The van der Waals surface area contributed by atoms with Crippen LogP contribution in [0.4, 0.5) is 0 Å². The van der Waals surface area contributed by atoms with Crippen LogP contribution in [-0.4, -0.2) is 31.5 Å². The van der Waals surface area contributed by atoms with Crippen molar-refractivity contribution in [3.8, 4) is 0 Å². The second kappa shape index (κ2) is 8.08. The smallest absolute Gasteiger partial charge is 0.146 e. The molecule has 0 saturated carbocycles. The Labute approximate surface area is 132 Å². The van der Waals surface area contributed by atoms with Gasteiger partial charge in [0.05, 0.1) is 13.2 Å². The molecule has 116 valence electrons. The van der Waals surface area contributed by atoms with Crippen LogP contribution in [0, 0.1) is 5.92 Å². The second-order valence-electron chi connectivity index (χ2n) is 5.87. The molecule has 0 N–H and O–H groups in total. The first-order valence-corrected chi connectivity index (χ1v) is 7.86. The van der Waals surface area contributed by atoms with Gasteiger partial charge >= 0.3 is 0 Å². The zero-order valence-electron chi connectivity index (χ0n) is 12.9. The summed E-state index contributed by atoms with van der Waals surface area (Å²) < 4.78 is 10.9. The summed E-state index contributed by atoms with van der Waals surface area (Å²) in [6.07, 6.45) is 0. The summed E-state index contributed by atoms with van der Waals surface area (Å²) in [7, 11) is 0. The number of benzene rings is 2. The summed E-state index contributed by atoms with van der Waals surface area (Å²) in [6, 6.07) is 21.3. The van der Waals surface area contributed by atoms with Gasteiger partial charge in [0.1, 0.15) is 6.79 Å².